The van der Waals surface area contributed by atoms with Crippen LogP contribution in [-0.2, 0) is 4.74 Å². The highest BCUT2D eigenvalue weighted by Gasteiger charge is 2.08. The Labute approximate surface area is 87.7 Å². The van der Waals surface area contributed by atoms with Crippen molar-refractivity contribution in [1.82, 2.24) is 0 Å². The van der Waals surface area contributed by atoms with Crippen LogP contribution in [0, 0.1) is 0 Å². The van der Waals surface area contributed by atoms with E-state index < -0.39 is 0 Å². The van der Waals surface area contributed by atoms with Crippen molar-refractivity contribution >= 4 is 22.9 Å². The lowest BCUT2D eigenvalue weighted by atomic mass is 10.3. The zero-order chi connectivity index (χ0) is 9.68. The van der Waals surface area contributed by atoms with Crippen LogP contribution in [0.15, 0.2) is 12.1 Å². The molecule has 0 aliphatic rings. The topological polar surface area (TPSA) is 35.2 Å². The average molecular weight is 220 g/mol. The van der Waals surface area contributed by atoms with Crippen molar-refractivity contribution in [1.29, 1.82) is 0 Å². The minimum Gasteiger partial charge on any atom is -0.379 e. The first-order valence-electron chi connectivity index (χ1n) is 4.32. The number of hydrogen-bond donors (Lipinski definition) is 1. The van der Waals surface area contributed by atoms with Gasteiger partial charge in [0.25, 0.3) is 0 Å². The van der Waals surface area contributed by atoms with E-state index in [-0.39, 0.29) is 6.04 Å². The molecule has 0 saturated carbocycles. The predicted octanol–water partition coefficient (Wildman–Crippen LogP) is 2.83. The second kappa shape index (κ2) is 5.60. The van der Waals surface area contributed by atoms with Gasteiger partial charge in [0.15, 0.2) is 0 Å². The van der Waals surface area contributed by atoms with Gasteiger partial charge in [0, 0.05) is 11.5 Å². The quantitative estimate of drug-likeness (QED) is 0.773. The number of nitrogens with two attached hydrogens (primary N) is 1. The van der Waals surface area contributed by atoms with E-state index in [0.717, 1.165) is 22.2 Å². The third kappa shape index (κ3) is 3.65. The maximum absolute atomic E-state index is 5.88. The summed E-state index contributed by atoms with van der Waals surface area (Å²) in [6.07, 6.45) is 1.03. The van der Waals surface area contributed by atoms with Crippen molar-refractivity contribution in [2.24, 2.45) is 5.73 Å². The molecule has 1 heterocycles. The molecule has 13 heavy (non-hydrogen) atoms. The van der Waals surface area contributed by atoms with Crippen molar-refractivity contribution in [3.63, 3.8) is 0 Å². The zero-order valence-corrected chi connectivity index (χ0v) is 9.20. The minimum atomic E-state index is -0.0379. The molecule has 2 nitrogen and oxygen atoms in total. The van der Waals surface area contributed by atoms with Gasteiger partial charge < -0.3 is 10.5 Å². The molecule has 0 bridgehead atoms. The van der Waals surface area contributed by atoms with Gasteiger partial charge in [0.2, 0.25) is 0 Å². The maximum Gasteiger partial charge on any atom is 0.0931 e. The first-order valence-corrected chi connectivity index (χ1v) is 5.52. The van der Waals surface area contributed by atoms with Crippen LogP contribution < -0.4 is 5.73 Å². The van der Waals surface area contributed by atoms with Crippen LogP contribution in [-0.4, -0.2) is 13.2 Å². The van der Waals surface area contributed by atoms with Crippen LogP contribution in [0.2, 0.25) is 4.34 Å². The third-order valence-electron chi connectivity index (χ3n) is 1.61. The molecule has 0 radical (unpaired) electrons. The van der Waals surface area contributed by atoms with Crippen molar-refractivity contribution < 1.29 is 4.74 Å². The maximum atomic E-state index is 5.88. The molecule has 0 spiro atoms. The van der Waals surface area contributed by atoms with Gasteiger partial charge in [-0.3, -0.25) is 0 Å². The number of rotatable bonds is 5. The van der Waals surface area contributed by atoms with Gasteiger partial charge in [0.1, 0.15) is 0 Å². The molecule has 0 aliphatic heterocycles. The van der Waals surface area contributed by atoms with Crippen LogP contribution in [0.4, 0.5) is 0 Å². The molecule has 0 aliphatic carbocycles. The summed E-state index contributed by atoms with van der Waals surface area (Å²) >= 11 is 7.30. The third-order valence-corrected chi connectivity index (χ3v) is 2.97. The molecule has 4 heteroatoms. The fourth-order valence-corrected chi connectivity index (χ4v) is 2.01. The smallest absolute Gasteiger partial charge is 0.0931 e. The molecule has 1 unspecified atom stereocenters. The number of ether oxygens (including phenoxy) is 1. The highest BCUT2D eigenvalue weighted by molar-refractivity contribution is 7.16. The van der Waals surface area contributed by atoms with Gasteiger partial charge in [0.05, 0.1) is 17.0 Å². The molecular weight excluding hydrogens is 206 g/mol. The first kappa shape index (κ1) is 11.0. The molecule has 1 aromatic rings. The lowest BCUT2D eigenvalue weighted by Crippen LogP contribution is -2.16. The number of thiophene rings is 1. The van der Waals surface area contributed by atoms with Crippen LogP contribution in [0.25, 0.3) is 0 Å². The lowest BCUT2D eigenvalue weighted by Gasteiger charge is -2.09. The van der Waals surface area contributed by atoms with E-state index in [1.807, 2.05) is 12.1 Å². The molecule has 2 N–H and O–H groups in total. The Morgan fingerprint density at radius 3 is 2.92 bits per heavy atom. The van der Waals surface area contributed by atoms with Gasteiger partial charge in [-0.2, -0.15) is 0 Å². The minimum absolute atomic E-state index is 0.0379. The molecular formula is C9H14ClNOS. The molecule has 1 atom stereocenters. The van der Waals surface area contributed by atoms with Gasteiger partial charge in [-0.25, -0.2) is 0 Å². The highest BCUT2D eigenvalue weighted by atomic mass is 35.5. The summed E-state index contributed by atoms with van der Waals surface area (Å²) in [5.74, 6) is 0. The van der Waals surface area contributed by atoms with E-state index >= 15 is 0 Å². The molecule has 1 rings (SSSR count). The molecule has 0 saturated heterocycles. The summed E-state index contributed by atoms with van der Waals surface area (Å²) in [4.78, 5) is 1.08. The first-order chi connectivity index (χ1) is 6.24. The Bertz CT molecular complexity index is 252. The Morgan fingerprint density at radius 1 is 1.62 bits per heavy atom. The second-order valence-corrected chi connectivity index (χ2v) is 4.57. The predicted molar refractivity (Wildman–Crippen MR) is 57.4 cm³/mol. The van der Waals surface area contributed by atoms with Crippen LogP contribution >= 0.6 is 22.9 Å². The number of halogens is 1. The molecule has 74 valence electrons. The van der Waals surface area contributed by atoms with Crippen molar-refractivity contribution in [2.45, 2.75) is 19.4 Å². The average Bonchev–Trinajstić information content (AvgIpc) is 2.52. The van der Waals surface area contributed by atoms with E-state index in [1.54, 1.807) is 0 Å². The van der Waals surface area contributed by atoms with E-state index in [4.69, 9.17) is 22.1 Å². The van der Waals surface area contributed by atoms with Crippen molar-refractivity contribution in [3.8, 4) is 0 Å². The van der Waals surface area contributed by atoms with Crippen LogP contribution in [0.3, 0.4) is 0 Å². The summed E-state index contributed by atoms with van der Waals surface area (Å²) in [5.41, 5.74) is 5.88. The van der Waals surface area contributed by atoms with E-state index in [2.05, 4.69) is 6.92 Å². The van der Waals surface area contributed by atoms with Gasteiger partial charge in [-0.1, -0.05) is 18.5 Å². The lowest BCUT2D eigenvalue weighted by molar-refractivity contribution is 0.122. The second-order valence-electron chi connectivity index (χ2n) is 2.82. The van der Waals surface area contributed by atoms with Crippen molar-refractivity contribution in [2.75, 3.05) is 13.2 Å². The van der Waals surface area contributed by atoms with E-state index in [1.165, 1.54) is 11.3 Å². The summed E-state index contributed by atoms with van der Waals surface area (Å²) in [5, 5.41) is 0. The molecule has 0 fully saturated rings. The fraction of sp³-hybridized carbons (Fsp3) is 0.556. The van der Waals surface area contributed by atoms with Gasteiger partial charge in [-0.15, -0.1) is 11.3 Å². The summed E-state index contributed by atoms with van der Waals surface area (Å²) in [7, 11) is 0. The summed E-state index contributed by atoms with van der Waals surface area (Å²) in [6.45, 7) is 3.42. The number of hydrogen-bond acceptors (Lipinski definition) is 3. The normalized spacial score (nSPS) is 13.2. The van der Waals surface area contributed by atoms with E-state index in [9.17, 15) is 0 Å². The fourth-order valence-electron chi connectivity index (χ4n) is 0.964. The highest BCUT2D eigenvalue weighted by Crippen LogP contribution is 2.25. The van der Waals surface area contributed by atoms with Crippen LogP contribution in [0.1, 0.15) is 24.3 Å². The van der Waals surface area contributed by atoms with Crippen LogP contribution in [0.5, 0.6) is 0 Å². The standard InChI is InChI=1S/C9H14ClNOS/c1-2-5-12-6-7(11)8-3-4-9(10)13-8/h3-4,7H,2,5-6,11H2,1H3. The van der Waals surface area contributed by atoms with Gasteiger partial charge >= 0.3 is 0 Å². The Kier molecular flexibility index (Phi) is 4.73. The van der Waals surface area contributed by atoms with Crippen molar-refractivity contribution in [3.05, 3.63) is 21.3 Å². The summed E-state index contributed by atoms with van der Waals surface area (Å²) < 4.78 is 6.13. The monoisotopic (exact) mass is 219 g/mol. The Hall–Kier alpha value is -0.0900. The summed E-state index contributed by atoms with van der Waals surface area (Å²) in [6, 6.07) is 3.78. The molecule has 1 aromatic heterocycles. The Balaban J connectivity index is 2.35. The molecule has 0 aromatic carbocycles. The van der Waals surface area contributed by atoms with E-state index in [0.29, 0.717) is 6.61 Å². The zero-order valence-electron chi connectivity index (χ0n) is 7.63. The largest absolute Gasteiger partial charge is 0.379 e. The molecule has 0 amide bonds. The Morgan fingerprint density at radius 2 is 2.38 bits per heavy atom. The SMILES string of the molecule is CCCOCC(N)c1ccc(Cl)s1. The van der Waals surface area contributed by atoms with Gasteiger partial charge in [-0.05, 0) is 18.6 Å².